The highest BCUT2D eigenvalue weighted by Crippen LogP contribution is 2.35. The fourth-order valence-corrected chi connectivity index (χ4v) is 2.58. The van der Waals surface area contributed by atoms with Gasteiger partial charge in [-0.25, -0.2) is 10.0 Å². The van der Waals surface area contributed by atoms with Crippen molar-refractivity contribution in [3.8, 4) is 0 Å². The molecule has 0 aliphatic heterocycles. The lowest BCUT2D eigenvalue weighted by atomic mass is 10.1. The number of hydrogen-bond acceptors (Lipinski definition) is 4. The first-order valence-corrected chi connectivity index (χ1v) is 9.62. The van der Waals surface area contributed by atoms with Crippen LogP contribution in [0, 0.1) is 0 Å². The van der Waals surface area contributed by atoms with E-state index < -0.39 is 7.82 Å². The Kier molecular flexibility index (Phi) is 13.9. The molecule has 0 rings (SSSR count). The van der Waals surface area contributed by atoms with Gasteiger partial charge in [0.1, 0.15) is 0 Å². The molecule has 0 radical (unpaired) electrons. The molecule has 0 aromatic heterocycles. The molecule has 1 amide bonds. The summed E-state index contributed by atoms with van der Waals surface area (Å²) in [7, 11) is -4.29. The second-order valence-corrected chi connectivity index (χ2v) is 6.74. The van der Waals surface area contributed by atoms with E-state index in [-0.39, 0.29) is 12.5 Å². The average molecular weight is 339 g/mol. The van der Waals surface area contributed by atoms with Gasteiger partial charge in [-0.2, -0.15) is 0 Å². The standard InChI is InChI=1S/C14H30NO6P/c16-14(15-17)12-10-8-6-4-2-1-3-5-7-9-11-13-21-22(18,19)20/h17H,1-13H2,(H,15,16)(H2,18,19,20). The Labute approximate surface area is 132 Å². The molecule has 4 N–H and O–H groups in total. The zero-order chi connectivity index (χ0) is 16.7. The van der Waals surface area contributed by atoms with Crippen molar-refractivity contribution in [1.29, 1.82) is 0 Å². The lowest BCUT2D eigenvalue weighted by molar-refractivity contribution is -0.129. The van der Waals surface area contributed by atoms with Crippen LogP contribution in [0.5, 0.6) is 0 Å². The molecule has 0 aromatic rings. The predicted molar refractivity (Wildman–Crippen MR) is 83.3 cm³/mol. The van der Waals surface area contributed by atoms with Crippen LogP contribution >= 0.6 is 7.82 Å². The second kappa shape index (κ2) is 14.2. The minimum absolute atomic E-state index is 0.124. The molecule has 0 fully saturated rings. The number of phosphoric ester groups is 1. The number of phosphoric acid groups is 1. The van der Waals surface area contributed by atoms with E-state index in [1.807, 2.05) is 0 Å². The van der Waals surface area contributed by atoms with E-state index in [1.54, 1.807) is 5.48 Å². The van der Waals surface area contributed by atoms with Crippen molar-refractivity contribution in [2.45, 2.75) is 77.0 Å². The maximum Gasteiger partial charge on any atom is 0.469 e. The smallest absolute Gasteiger partial charge is 0.303 e. The number of nitrogens with one attached hydrogen (secondary N) is 1. The van der Waals surface area contributed by atoms with E-state index >= 15 is 0 Å². The third-order valence-electron chi connectivity index (χ3n) is 3.43. The number of hydroxylamine groups is 1. The second-order valence-electron chi connectivity index (χ2n) is 5.50. The summed E-state index contributed by atoms with van der Waals surface area (Å²) in [5.74, 6) is -0.314. The van der Waals surface area contributed by atoms with Gasteiger partial charge in [-0.05, 0) is 12.8 Å². The summed E-state index contributed by atoms with van der Waals surface area (Å²) < 4.78 is 14.8. The van der Waals surface area contributed by atoms with Gasteiger partial charge in [-0.3, -0.25) is 14.5 Å². The summed E-state index contributed by atoms with van der Waals surface area (Å²) in [6.07, 6.45) is 12.0. The topological polar surface area (TPSA) is 116 Å². The van der Waals surface area contributed by atoms with Crippen LogP contribution in [0.4, 0.5) is 0 Å². The van der Waals surface area contributed by atoms with Crippen LogP contribution in [0.15, 0.2) is 0 Å². The molecule has 7 nitrogen and oxygen atoms in total. The minimum Gasteiger partial charge on any atom is -0.303 e. The van der Waals surface area contributed by atoms with Crippen LogP contribution in [0.2, 0.25) is 0 Å². The number of hydrogen-bond donors (Lipinski definition) is 4. The van der Waals surface area contributed by atoms with Gasteiger partial charge >= 0.3 is 7.82 Å². The van der Waals surface area contributed by atoms with Crippen LogP contribution in [0.25, 0.3) is 0 Å². The quantitative estimate of drug-likeness (QED) is 0.157. The maximum atomic E-state index is 10.8. The van der Waals surface area contributed by atoms with Crippen LogP contribution in [-0.4, -0.2) is 27.5 Å². The Morgan fingerprint density at radius 2 is 1.23 bits per heavy atom. The first-order chi connectivity index (χ1) is 10.5. The lowest BCUT2D eigenvalue weighted by Crippen LogP contribution is -2.17. The molecule has 0 heterocycles. The van der Waals surface area contributed by atoms with Crippen LogP contribution in [0.3, 0.4) is 0 Å². The number of carbonyl (C=O) groups excluding carboxylic acids is 1. The molecule has 0 spiro atoms. The third kappa shape index (κ3) is 17.6. The van der Waals surface area contributed by atoms with E-state index in [0.717, 1.165) is 38.5 Å². The van der Waals surface area contributed by atoms with E-state index in [2.05, 4.69) is 4.52 Å². The first-order valence-electron chi connectivity index (χ1n) is 8.09. The largest absolute Gasteiger partial charge is 0.469 e. The Hall–Kier alpha value is -0.460. The lowest BCUT2D eigenvalue weighted by Gasteiger charge is -2.05. The van der Waals surface area contributed by atoms with E-state index in [9.17, 15) is 9.36 Å². The number of carbonyl (C=O) groups is 1. The van der Waals surface area contributed by atoms with Gasteiger partial charge < -0.3 is 9.79 Å². The summed E-state index contributed by atoms with van der Waals surface area (Å²) in [6, 6.07) is 0. The molecule has 0 bridgehead atoms. The average Bonchev–Trinajstić information content (AvgIpc) is 2.46. The Bertz CT molecular complexity index is 320. The SMILES string of the molecule is O=C(CCCCCCCCCCCCCOP(=O)(O)O)NO. The van der Waals surface area contributed by atoms with Gasteiger partial charge in [-0.15, -0.1) is 0 Å². The molecule has 0 atom stereocenters. The van der Waals surface area contributed by atoms with E-state index in [0.29, 0.717) is 12.8 Å². The van der Waals surface area contributed by atoms with Gasteiger partial charge in [0.05, 0.1) is 6.61 Å². The number of rotatable bonds is 15. The summed E-state index contributed by atoms with van der Waals surface area (Å²) in [6.45, 7) is 0.124. The van der Waals surface area contributed by atoms with Gasteiger partial charge in [0.2, 0.25) is 5.91 Å². The van der Waals surface area contributed by atoms with Crippen molar-refractivity contribution >= 4 is 13.7 Å². The molecule has 132 valence electrons. The highest BCUT2D eigenvalue weighted by Gasteiger charge is 2.12. The first kappa shape index (κ1) is 21.5. The summed E-state index contributed by atoms with van der Waals surface area (Å²) in [4.78, 5) is 27.7. The molecular weight excluding hydrogens is 309 g/mol. The third-order valence-corrected chi connectivity index (χ3v) is 3.95. The molecule has 0 aromatic carbocycles. The molecule has 0 saturated carbocycles. The molecule has 0 aliphatic rings. The fraction of sp³-hybridized carbons (Fsp3) is 0.929. The predicted octanol–water partition coefficient (Wildman–Crippen LogP) is 3.28. The van der Waals surface area contributed by atoms with Crippen molar-refractivity contribution in [3.63, 3.8) is 0 Å². The summed E-state index contributed by atoms with van der Waals surface area (Å²) >= 11 is 0. The molecule has 0 saturated heterocycles. The zero-order valence-corrected chi connectivity index (χ0v) is 14.1. The van der Waals surface area contributed by atoms with E-state index in [4.69, 9.17) is 15.0 Å². The number of unbranched alkanes of at least 4 members (excludes halogenated alkanes) is 10. The fourth-order valence-electron chi connectivity index (χ4n) is 2.22. The molecule has 0 unspecified atom stereocenters. The number of amides is 1. The Morgan fingerprint density at radius 3 is 1.64 bits per heavy atom. The van der Waals surface area contributed by atoms with E-state index in [1.165, 1.54) is 25.7 Å². The van der Waals surface area contributed by atoms with Crippen molar-refractivity contribution in [2.24, 2.45) is 0 Å². The minimum atomic E-state index is -4.29. The van der Waals surface area contributed by atoms with Crippen LogP contribution in [0.1, 0.15) is 77.0 Å². The van der Waals surface area contributed by atoms with Crippen molar-refractivity contribution in [3.05, 3.63) is 0 Å². The monoisotopic (exact) mass is 339 g/mol. The Morgan fingerprint density at radius 1 is 0.818 bits per heavy atom. The Balaban J connectivity index is 3.09. The van der Waals surface area contributed by atoms with Gasteiger partial charge in [-0.1, -0.05) is 57.8 Å². The molecule has 22 heavy (non-hydrogen) atoms. The zero-order valence-electron chi connectivity index (χ0n) is 13.2. The van der Waals surface area contributed by atoms with Gasteiger partial charge in [0, 0.05) is 6.42 Å². The molecule has 0 aliphatic carbocycles. The van der Waals surface area contributed by atoms with Crippen molar-refractivity contribution < 1.29 is 28.9 Å². The van der Waals surface area contributed by atoms with Crippen molar-refractivity contribution in [1.82, 2.24) is 5.48 Å². The highest BCUT2D eigenvalue weighted by atomic mass is 31.2. The van der Waals surface area contributed by atoms with Crippen molar-refractivity contribution in [2.75, 3.05) is 6.61 Å². The van der Waals surface area contributed by atoms with Crippen LogP contribution < -0.4 is 5.48 Å². The highest BCUT2D eigenvalue weighted by molar-refractivity contribution is 7.46. The maximum absolute atomic E-state index is 10.8. The van der Waals surface area contributed by atoms with Gasteiger partial charge in [0.15, 0.2) is 0 Å². The van der Waals surface area contributed by atoms with Crippen LogP contribution in [-0.2, 0) is 13.9 Å². The normalized spacial score (nSPS) is 11.6. The summed E-state index contributed by atoms with van der Waals surface area (Å²) in [5, 5.41) is 8.32. The molecule has 8 heteroatoms. The van der Waals surface area contributed by atoms with Gasteiger partial charge in [0.25, 0.3) is 0 Å². The summed E-state index contributed by atoms with van der Waals surface area (Å²) in [5.41, 5.74) is 1.63. The molecular formula is C14H30NO6P.